The van der Waals surface area contributed by atoms with Gasteiger partial charge in [0.15, 0.2) is 0 Å². The first-order valence-electron chi connectivity index (χ1n) is 5.73. The Balaban J connectivity index is 2.28. The quantitative estimate of drug-likeness (QED) is 0.676. The van der Waals surface area contributed by atoms with Gasteiger partial charge in [-0.3, -0.25) is 0 Å². The molecule has 0 spiro atoms. The molecule has 1 aliphatic rings. The van der Waals surface area contributed by atoms with Crippen LogP contribution in [0, 0.1) is 31.0 Å². The van der Waals surface area contributed by atoms with E-state index in [2.05, 4.69) is 29.8 Å². The van der Waals surface area contributed by atoms with Crippen molar-refractivity contribution in [2.75, 3.05) is 0 Å². The van der Waals surface area contributed by atoms with Crippen molar-refractivity contribution in [1.29, 1.82) is 0 Å². The lowest BCUT2D eigenvalue weighted by molar-refractivity contribution is 0.553. The van der Waals surface area contributed by atoms with Crippen LogP contribution in [0.25, 0.3) is 0 Å². The first-order chi connectivity index (χ1) is 7.33. The molecule has 0 aliphatic heterocycles. The molecule has 1 aliphatic carbocycles. The van der Waals surface area contributed by atoms with Gasteiger partial charge in [0, 0.05) is 4.83 Å². The van der Waals surface area contributed by atoms with Crippen molar-refractivity contribution in [1.82, 2.24) is 0 Å². The van der Waals surface area contributed by atoms with Gasteiger partial charge >= 0.3 is 0 Å². The maximum Gasteiger partial charge on any atom is 0.129 e. The highest BCUT2D eigenvalue weighted by Gasteiger charge is 2.49. The molecule has 0 heterocycles. The summed E-state index contributed by atoms with van der Waals surface area (Å²) in [7, 11) is 0. The minimum Gasteiger partial charge on any atom is -0.206 e. The number of hydrogen-bond donors (Lipinski definition) is 0. The fourth-order valence-electron chi connectivity index (χ4n) is 2.38. The Kier molecular flexibility index (Phi) is 2.90. The number of benzene rings is 1. The van der Waals surface area contributed by atoms with E-state index in [1.54, 1.807) is 0 Å². The van der Waals surface area contributed by atoms with E-state index in [4.69, 9.17) is 0 Å². The van der Waals surface area contributed by atoms with E-state index in [-0.39, 0.29) is 5.82 Å². The van der Waals surface area contributed by atoms with E-state index in [9.17, 15) is 4.39 Å². The van der Waals surface area contributed by atoms with Crippen molar-refractivity contribution in [3.63, 3.8) is 0 Å². The Morgan fingerprint density at radius 2 is 1.75 bits per heavy atom. The Bertz CT molecular complexity index is 400. The third-order valence-electron chi connectivity index (χ3n) is 3.72. The standard InChI is InChI=1S/C14H18BrF/c1-8-5-10(6-9(2)13(8)16)12(15)11-7-14(11,3)4/h5-6,11-12H,7H2,1-4H3. The zero-order valence-electron chi connectivity index (χ0n) is 10.3. The van der Waals surface area contributed by atoms with Crippen LogP contribution in [0.2, 0.25) is 0 Å². The van der Waals surface area contributed by atoms with Crippen molar-refractivity contribution in [3.8, 4) is 0 Å². The maximum atomic E-state index is 13.5. The van der Waals surface area contributed by atoms with Crippen LogP contribution in [-0.2, 0) is 0 Å². The number of hydrogen-bond acceptors (Lipinski definition) is 0. The summed E-state index contributed by atoms with van der Waals surface area (Å²) in [5, 5.41) is 0. The lowest BCUT2D eigenvalue weighted by Crippen LogP contribution is -2.01. The van der Waals surface area contributed by atoms with Gasteiger partial charge in [-0.05, 0) is 48.3 Å². The minimum atomic E-state index is -0.0708. The van der Waals surface area contributed by atoms with Crippen LogP contribution in [0.5, 0.6) is 0 Å². The molecule has 2 atom stereocenters. The summed E-state index contributed by atoms with van der Waals surface area (Å²) < 4.78 is 13.5. The second-order valence-electron chi connectivity index (χ2n) is 5.67. The summed E-state index contributed by atoms with van der Waals surface area (Å²) in [6, 6.07) is 3.94. The molecular weight excluding hydrogens is 267 g/mol. The third kappa shape index (κ3) is 2.04. The minimum absolute atomic E-state index is 0.0708. The largest absolute Gasteiger partial charge is 0.206 e. The van der Waals surface area contributed by atoms with Crippen LogP contribution >= 0.6 is 15.9 Å². The number of rotatable bonds is 2. The van der Waals surface area contributed by atoms with Crippen molar-refractivity contribution in [3.05, 3.63) is 34.6 Å². The van der Waals surface area contributed by atoms with Gasteiger partial charge in [0.05, 0.1) is 0 Å². The number of alkyl halides is 1. The van der Waals surface area contributed by atoms with Gasteiger partial charge in [-0.15, -0.1) is 0 Å². The molecule has 0 radical (unpaired) electrons. The van der Waals surface area contributed by atoms with Crippen LogP contribution in [0.1, 0.15) is 41.8 Å². The van der Waals surface area contributed by atoms with E-state index in [1.165, 1.54) is 12.0 Å². The summed E-state index contributed by atoms with van der Waals surface area (Å²) in [6.45, 7) is 8.25. The van der Waals surface area contributed by atoms with E-state index in [0.717, 1.165) is 11.1 Å². The van der Waals surface area contributed by atoms with Crippen molar-refractivity contribution in [2.24, 2.45) is 11.3 Å². The molecule has 88 valence electrons. The van der Waals surface area contributed by atoms with Crippen LogP contribution < -0.4 is 0 Å². The van der Waals surface area contributed by atoms with Gasteiger partial charge in [-0.2, -0.15) is 0 Å². The molecule has 16 heavy (non-hydrogen) atoms. The fourth-order valence-corrected chi connectivity index (χ4v) is 3.55. The first-order valence-corrected chi connectivity index (χ1v) is 6.65. The van der Waals surface area contributed by atoms with Crippen molar-refractivity contribution < 1.29 is 4.39 Å². The van der Waals surface area contributed by atoms with Crippen LogP contribution in [0.4, 0.5) is 4.39 Å². The summed E-state index contributed by atoms with van der Waals surface area (Å²) >= 11 is 3.76. The first kappa shape index (κ1) is 12.1. The molecular formula is C14H18BrF. The molecule has 0 nitrogen and oxygen atoms in total. The van der Waals surface area contributed by atoms with Crippen LogP contribution in [0.15, 0.2) is 12.1 Å². The van der Waals surface area contributed by atoms with E-state index >= 15 is 0 Å². The number of aryl methyl sites for hydroxylation is 2. The predicted octanol–water partition coefficient (Wildman–Crippen LogP) is 4.92. The van der Waals surface area contributed by atoms with E-state index < -0.39 is 0 Å². The van der Waals surface area contributed by atoms with Crippen molar-refractivity contribution >= 4 is 15.9 Å². The molecule has 1 aromatic rings. The van der Waals surface area contributed by atoms with Gasteiger partial charge in [-0.25, -0.2) is 4.39 Å². The highest BCUT2D eigenvalue weighted by Crippen LogP contribution is 2.60. The Morgan fingerprint density at radius 1 is 1.31 bits per heavy atom. The molecule has 2 rings (SSSR count). The molecule has 1 aromatic carbocycles. The molecule has 2 heteroatoms. The molecule has 1 fully saturated rings. The van der Waals surface area contributed by atoms with Crippen LogP contribution in [-0.4, -0.2) is 0 Å². The molecule has 0 saturated heterocycles. The summed E-state index contributed by atoms with van der Waals surface area (Å²) in [4.78, 5) is 0.362. The smallest absolute Gasteiger partial charge is 0.129 e. The van der Waals surface area contributed by atoms with Gasteiger partial charge < -0.3 is 0 Å². The Hall–Kier alpha value is -0.370. The highest BCUT2D eigenvalue weighted by molar-refractivity contribution is 9.09. The topological polar surface area (TPSA) is 0 Å². The normalized spacial score (nSPS) is 24.2. The van der Waals surface area contributed by atoms with E-state index in [0.29, 0.717) is 16.2 Å². The summed E-state index contributed by atoms with van der Waals surface area (Å²) in [6.07, 6.45) is 1.25. The zero-order chi connectivity index (χ0) is 12.1. The molecule has 0 bridgehead atoms. The third-order valence-corrected chi connectivity index (χ3v) is 4.89. The van der Waals surface area contributed by atoms with Gasteiger partial charge in [-0.1, -0.05) is 41.9 Å². The lowest BCUT2D eigenvalue weighted by atomic mass is 9.99. The van der Waals surface area contributed by atoms with Crippen molar-refractivity contribution in [2.45, 2.75) is 38.9 Å². The Morgan fingerprint density at radius 3 is 2.12 bits per heavy atom. The predicted molar refractivity (Wildman–Crippen MR) is 69.4 cm³/mol. The molecule has 0 amide bonds. The monoisotopic (exact) mass is 284 g/mol. The van der Waals surface area contributed by atoms with Gasteiger partial charge in [0.25, 0.3) is 0 Å². The molecule has 0 aromatic heterocycles. The van der Waals surface area contributed by atoms with Gasteiger partial charge in [0.1, 0.15) is 5.82 Å². The average molecular weight is 285 g/mol. The highest BCUT2D eigenvalue weighted by atomic mass is 79.9. The number of halogens is 2. The average Bonchev–Trinajstić information content (AvgIpc) is 2.82. The summed E-state index contributed by atoms with van der Waals surface area (Å²) in [5.41, 5.74) is 3.15. The maximum absolute atomic E-state index is 13.5. The zero-order valence-corrected chi connectivity index (χ0v) is 11.9. The fraction of sp³-hybridized carbons (Fsp3) is 0.571. The second kappa shape index (κ2) is 3.83. The Labute approximate surface area is 105 Å². The van der Waals surface area contributed by atoms with E-state index in [1.807, 2.05) is 26.0 Å². The van der Waals surface area contributed by atoms with Gasteiger partial charge in [0.2, 0.25) is 0 Å². The second-order valence-corrected chi connectivity index (χ2v) is 6.66. The van der Waals surface area contributed by atoms with Crippen LogP contribution in [0.3, 0.4) is 0 Å². The molecule has 1 saturated carbocycles. The lowest BCUT2D eigenvalue weighted by Gasteiger charge is -2.14. The SMILES string of the molecule is Cc1cc(C(Br)C2CC2(C)C)cc(C)c1F. The molecule has 0 N–H and O–H groups in total. The molecule has 2 unspecified atom stereocenters. The summed E-state index contributed by atoms with van der Waals surface area (Å²) in [5.74, 6) is 0.607.